The Labute approximate surface area is 112 Å². The zero-order valence-corrected chi connectivity index (χ0v) is 11.1. The second kappa shape index (κ2) is 5.33. The molecule has 1 unspecified atom stereocenters. The van der Waals surface area contributed by atoms with E-state index in [2.05, 4.69) is 5.32 Å². The average molecular weight is 264 g/mol. The van der Waals surface area contributed by atoms with Crippen LogP contribution in [0.1, 0.15) is 36.5 Å². The molecule has 1 aromatic carbocycles. The SMILES string of the molecule is CCc1cc(C2[B]C=C(C(C)(F)F)N2)ccc1CO. The largest absolute Gasteiger partial charge is 0.392 e. The summed E-state index contributed by atoms with van der Waals surface area (Å²) in [6.45, 7) is 2.89. The minimum Gasteiger partial charge on any atom is -0.392 e. The number of nitrogens with one attached hydrogen (secondary N) is 1. The molecule has 1 aliphatic heterocycles. The summed E-state index contributed by atoms with van der Waals surface area (Å²) in [5, 5.41) is 12.1. The normalized spacial score (nSPS) is 18.8. The van der Waals surface area contributed by atoms with Gasteiger partial charge in [0.2, 0.25) is 0 Å². The van der Waals surface area contributed by atoms with Crippen molar-refractivity contribution in [3.05, 3.63) is 46.6 Å². The van der Waals surface area contributed by atoms with Crippen LogP contribution >= 0.6 is 0 Å². The molecule has 1 aliphatic rings. The molecule has 0 amide bonds. The number of allylic oxidation sites excluding steroid dienone is 1. The Bertz CT molecular complexity index is 497. The molecule has 0 fully saturated rings. The van der Waals surface area contributed by atoms with Gasteiger partial charge in [0.05, 0.1) is 12.3 Å². The Balaban J connectivity index is 2.17. The molecular weight excluding hydrogens is 247 g/mol. The zero-order chi connectivity index (χ0) is 14.0. The molecule has 19 heavy (non-hydrogen) atoms. The van der Waals surface area contributed by atoms with Crippen molar-refractivity contribution in [2.24, 2.45) is 0 Å². The van der Waals surface area contributed by atoms with Gasteiger partial charge in [0.1, 0.15) is 0 Å². The average Bonchev–Trinajstić information content (AvgIpc) is 2.87. The summed E-state index contributed by atoms with van der Waals surface area (Å²) < 4.78 is 26.4. The fourth-order valence-electron chi connectivity index (χ4n) is 2.25. The number of aliphatic hydroxyl groups is 1. The summed E-state index contributed by atoms with van der Waals surface area (Å²) in [7, 11) is 1.74. The van der Waals surface area contributed by atoms with E-state index in [-0.39, 0.29) is 18.2 Å². The van der Waals surface area contributed by atoms with Crippen molar-refractivity contribution in [2.45, 2.75) is 38.7 Å². The smallest absolute Gasteiger partial charge is 0.283 e. The van der Waals surface area contributed by atoms with E-state index in [1.54, 1.807) is 7.28 Å². The lowest BCUT2D eigenvalue weighted by Crippen LogP contribution is -2.27. The predicted octanol–water partition coefficient (Wildman–Crippen LogP) is 2.54. The van der Waals surface area contributed by atoms with Crippen molar-refractivity contribution in [1.82, 2.24) is 5.32 Å². The van der Waals surface area contributed by atoms with E-state index in [1.807, 2.05) is 25.1 Å². The number of hydrogen-bond donors (Lipinski definition) is 2. The van der Waals surface area contributed by atoms with Gasteiger partial charge in [-0.15, -0.1) is 0 Å². The van der Waals surface area contributed by atoms with Crippen LogP contribution in [0.15, 0.2) is 29.9 Å². The minimum absolute atomic E-state index is 0.00178. The van der Waals surface area contributed by atoms with Gasteiger partial charge in [-0.05, 0) is 23.1 Å². The van der Waals surface area contributed by atoms with Gasteiger partial charge in [0.25, 0.3) is 5.92 Å². The molecule has 0 spiro atoms. The van der Waals surface area contributed by atoms with Crippen molar-refractivity contribution < 1.29 is 13.9 Å². The first-order chi connectivity index (χ1) is 8.95. The highest BCUT2D eigenvalue weighted by molar-refractivity contribution is 6.45. The molecule has 1 radical (unpaired) electrons. The topological polar surface area (TPSA) is 32.3 Å². The van der Waals surface area contributed by atoms with Crippen LogP contribution in [-0.4, -0.2) is 18.3 Å². The highest BCUT2D eigenvalue weighted by Gasteiger charge is 2.33. The van der Waals surface area contributed by atoms with Crippen LogP contribution in [0.4, 0.5) is 8.78 Å². The number of halogens is 2. The Kier molecular flexibility index (Phi) is 3.95. The van der Waals surface area contributed by atoms with E-state index in [1.165, 1.54) is 5.98 Å². The van der Waals surface area contributed by atoms with Gasteiger partial charge >= 0.3 is 0 Å². The quantitative estimate of drug-likeness (QED) is 0.819. The number of aryl methyl sites for hydroxylation is 1. The van der Waals surface area contributed by atoms with E-state index >= 15 is 0 Å². The summed E-state index contributed by atoms with van der Waals surface area (Å²) in [6, 6.07) is 5.68. The molecule has 0 saturated carbocycles. The molecule has 0 aromatic heterocycles. The number of hydrogen-bond acceptors (Lipinski definition) is 2. The number of alkyl halides is 2. The first-order valence-corrected chi connectivity index (χ1v) is 6.38. The van der Waals surface area contributed by atoms with Crippen molar-refractivity contribution in [1.29, 1.82) is 0 Å². The van der Waals surface area contributed by atoms with E-state index in [0.29, 0.717) is 0 Å². The lowest BCUT2D eigenvalue weighted by molar-refractivity contribution is 0.0562. The fraction of sp³-hybridized carbons (Fsp3) is 0.429. The third kappa shape index (κ3) is 2.97. The maximum absolute atomic E-state index is 13.2. The molecule has 1 aromatic rings. The Hall–Kier alpha value is -1.36. The first kappa shape index (κ1) is 14.1. The lowest BCUT2D eigenvalue weighted by Gasteiger charge is -2.19. The third-order valence-electron chi connectivity index (χ3n) is 3.38. The fourth-order valence-corrected chi connectivity index (χ4v) is 2.25. The molecule has 0 aliphatic carbocycles. The monoisotopic (exact) mass is 264 g/mol. The van der Waals surface area contributed by atoms with E-state index in [4.69, 9.17) is 0 Å². The van der Waals surface area contributed by atoms with Crippen molar-refractivity contribution in [3.8, 4) is 0 Å². The summed E-state index contributed by atoms with van der Waals surface area (Å²) in [5.74, 6) is -1.63. The van der Waals surface area contributed by atoms with Crippen LogP contribution in [-0.2, 0) is 13.0 Å². The molecule has 1 atom stereocenters. The van der Waals surface area contributed by atoms with Gasteiger partial charge in [-0.2, -0.15) is 0 Å². The molecule has 101 valence electrons. The lowest BCUT2D eigenvalue weighted by atomic mass is 9.68. The van der Waals surface area contributed by atoms with Crippen LogP contribution in [0.2, 0.25) is 0 Å². The minimum atomic E-state index is -2.84. The molecule has 0 saturated heterocycles. The maximum Gasteiger partial charge on any atom is 0.283 e. The Morgan fingerprint density at radius 1 is 1.37 bits per heavy atom. The van der Waals surface area contributed by atoms with Gasteiger partial charge in [-0.1, -0.05) is 31.1 Å². The summed E-state index contributed by atoms with van der Waals surface area (Å²) in [5.41, 5.74) is 2.82. The third-order valence-corrected chi connectivity index (χ3v) is 3.38. The highest BCUT2D eigenvalue weighted by atomic mass is 19.3. The van der Waals surface area contributed by atoms with Crippen LogP contribution in [0.25, 0.3) is 0 Å². The van der Waals surface area contributed by atoms with Gasteiger partial charge in [0, 0.05) is 12.9 Å². The van der Waals surface area contributed by atoms with E-state index < -0.39 is 5.92 Å². The van der Waals surface area contributed by atoms with Crippen LogP contribution in [0, 0.1) is 0 Å². The molecule has 5 heteroatoms. The second-order valence-electron chi connectivity index (χ2n) is 4.82. The number of aliphatic hydroxyl groups excluding tert-OH is 1. The molecule has 2 rings (SSSR count). The van der Waals surface area contributed by atoms with Crippen molar-refractivity contribution in [2.75, 3.05) is 0 Å². The van der Waals surface area contributed by atoms with Gasteiger partial charge in [0.15, 0.2) is 7.28 Å². The number of benzene rings is 1. The Morgan fingerprint density at radius 3 is 2.63 bits per heavy atom. The summed E-state index contributed by atoms with van der Waals surface area (Å²) in [6.07, 6.45) is 0.806. The highest BCUT2D eigenvalue weighted by Crippen LogP contribution is 2.29. The van der Waals surface area contributed by atoms with Gasteiger partial charge in [-0.3, -0.25) is 0 Å². The van der Waals surface area contributed by atoms with Crippen LogP contribution in [0.3, 0.4) is 0 Å². The molecule has 1 heterocycles. The predicted molar refractivity (Wildman–Crippen MR) is 72.1 cm³/mol. The van der Waals surface area contributed by atoms with E-state index in [0.717, 1.165) is 30.0 Å². The van der Waals surface area contributed by atoms with Crippen LogP contribution < -0.4 is 5.32 Å². The number of rotatable bonds is 4. The first-order valence-electron chi connectivity index (χ1n) is 6.38. The van der Waals surface area contributed by atoms with Gasteiger partial charge < -0.3 is 10.4 Å². The maximum atomic E-state index is 13.2. The molecule has 2 nitrogen and oxygen atoms in total. The molecule has 0 bridgehead atoms. The standard InChI is InChI=1S/C14H17BF2NO/c1-3-9-6-10(4-5-11(9)8-19)13-15-7-12(18-13)14(2,16)17/h4-7,13,18-19H,3,8H2,1-2H3. The van der Waals surface area contributed by atoms with Crippen molar-refractivity contribution >= 4 is 7.28 Å². The summed E-state index contributed by atoms with van der Waals surface area (Å²) >= 11 is 0. The molecular formula is C14H17BF2NO. The zero-order valence-electron chi connectivity index (χ0n) is 11.1. The van der Waals surface area contributed by atoms with Crippen LogP contribution in [0.5, 0.6) is 0 Å². The Morgan fingerprint density at radius 2 is 2.11 bits per heavy atom. The second-order valence-corrected chi connectivity index (χ2v) is 4.82. The van der Waals surface area contributed by atoms with E-state index in [9.17, 15) is 13.9 Å². The van der Waals surface area contributed by atoms with Crippen molar-refractivity contribution in [3.63, 3.8) is 0 Å². The molecule has 2 N–H and O–H groups in total. The summed E-state index contributed by atoms with van der Waals surface area (Å²) in [4.78, 5) is 0. The van der Waals surface area contributed by atoms with Gasteiger partial charge in [-0.25, -0.2) is 8.78 Å².